The minimum atomic E-state index is -0.952. The number of nitrogens with one attached hydrogen (secondary N) is 1. The average Bonchev–Trinajstić information content (AvgIpc) is 3.53. The number of carboxylic acids is 1. The number of aliphatic carboxylic acids is 1. The van der Waals surface area contributed by atoms with Gasteiger partial charge in [-0.2, -0.15) is 0 Å². The average molecular weight is 434 g/mol. The lowest BCUT2D eigenvalue weighted by atomic mass is 10.1. The molecule has 2 heterocycles. The number of piperazine rings is 1. The SMILES string of the molecule is CC(=O)O.O=C(C[N+](=O)[O-])c1cn(C2CC2)c2cc(N3CCNCC3)c(F)cc2c1=O. The second-order valence-electron chi connectivity index (χ2n) is 7.50. The van der Waals surface area contributed by atoms with Crippen molar-refractivity contribution in [1.82, 2.24) is 9.88 Å². The van der Waals surface area contributed by atoms with Crippen molar-refractivity contribution in [1.29, 1.82) is 0 Å². The molecule has 1 aliphatic heterocycles. The lowest BCUT2D eigenvalue weighted by Gasteiger charge is -2.30. The zero-order valence-electron chi connectivity index (χ0n) is 17.0. The van der Waals surface area contributed by atoms with E-state index in [1.807, 2.05) is 4.90 Å². The Morgan fingerprint density at radius 2 is 1.90 bits per heavy atom. The van der Waals surface area contributed by atoms with E-state index in [0.717, 1.165) is 38.9 Å². The smallest absolute Gasteiger partial charge is 0.300 e. The third-order valence-electron chi connectivity index (χ3n) is 5.07. The highest BCUT2D eigenvalue weighted by molar-refractivity contribution is 6.00. The van der Waals surface area contributed by atoms with E-state index >= 15 is 0 Å². The molecule has 0 spiro atoms. The Labute approximate surface area is 176 Å². The second-order valence-corrected chi connectivity index (χ2v) is 7.50. The molecular weight excluding hydrogens is 411 g/mol. The van der Waals surface area contributed by atoms with Crippen LogP contribution < -0.4 is 15.6 Å². The normalized spacial score (nSPS) is 15.9. The van der Waals surface area contributed by atoms with E-state index in [2.05, 4.69) is 5.32 Å². The van der Waals surface area contributed by atoms with Crippen molar-refractivity contribution in [2.75, 3.05) is 37.6 Å². The summed E-state index contributed by atoms with van der Waals surface area (Å²) in [7, 11) is 0. The number of benzene rings is 1. The summed E-state index contributed by atoms with van der Waals surface area (Å²) in [6.07, 6.45) is 3.19. The highest BCUT2D eigenvalue weighted by Crippen LogP contribution is 2.38. The first kappa shape index (κ1) is 22.3. The van der Waals surface area contributed by atoms with Crippen LogP contribution >= 0.6 is 0 Å². The molecule has 1 aliphatic carbocycles. The zero-order valence-corrected chi connectivity index (χ0v) is 17.0. The third kappa shape index (κ3) is 5.23. The highest BCUT2D eigenvalue weighted by Gasteiger charge is 2.29. The first-order chi connectivity index (χ1) is 14.7. The molecule has 166 valence electrons. The molecule has 4 rings (SSSR count). The second kappa shape index (κ2) is 9.21. The molecule has 1 saturated heterocycles. The van der Waals surface area contributed by atoms with E-state index in [1.165, 1.54) is 6.20 Å². The number of nitro groups is 1. The lowest BCUT2D eigenvalue weighted by Crippen LogP contribution is -2.43. The predicted octanol–water partition coefficient (Wildman–Crippen LogP) is 1.44. The van der Waals surface area contributed by atoms with Gasteiger partial charge in [-0.3, -0.25) is 24.5 Å². The highest BCUT2D eigenvalue weighted by atomic mass is 19.1. The summed E-state index contributed by atoms with van der Waals surface area (Å²) in [4.78, 5) is 45.7. The molecular formula is C20H23FN4O6. The van der Waals surface area contributed by atoms with Crippen LogP contribution in [0.25, 0.3) is 10.9 Å². The number of nitrogens with zero attached hydrogens (tertiary/aromatic N) is 3. The van der Waals surface area contributed by atoms with E-state index in [1.54, 1.807) is 10.6 Å². The molecule has 1 aromatic carbocycles. The number of fused-ring (bicyclic) bond motifs is 1. The van der Waals surface area contributed by atoms with Crippen LogP contribution in [0.5, 0.6) is 0 Å². The fraction of sp³-hybridized carbons (Fsp3) is 0.450. The molecule has 31 heavy (non-hydrogen) atoms. The third-order valence-corrected chi connectivity index (χ3v) is 5.07. The molecule has 11 heteroatoms. The van der Waals surface area contributed by atoms with Gasteiger partial charge in [0, 0.05) is 55.7 Å². The van der Waals surface area contributed by atoms with Crippen molar-refractivity contribution in [3.63, 3.8) is 0 Å². The molecule has 1 aromatic heterocycles. The molecule has 0 radical (unpaired) electrons. The number of anilines is 1. The van der Waals surface area contributed by atoms with Gasteiger partial charge in [-0.1, -0.05) is 0 Å². The van der Waals surface area contributed by atoms with Gasteiger partial charge in [-0.05, 0) is 25.0 Å². The monoisotopic (exact) mass is 434 g/mol. The van der Waals surface area contributed by atoms with Crippen LogP contribution in [0.4, 0.5) is 10.1 Å². The van der Waals surface area contributed by atoms with Crippen molar-refractivity contribution in [3.05, 3.63) is 50.0 Å². The maximum absolute atomic E-state index is 14.8. The predicted molar refractivity (Wildman–Crippen MR) is 111 cm³/mol. The first-order valence-electron chi connectivity index (χ1n) is 9.87. The quantitative estimate of drug-likeness (QED) is 0.410. The summed E-state index contributed by atoms with van der Waals surface area (Å²) >= 11 is 0. The molecule has 0 bridgehead atoms. The zero-order chi connectivity index (χ0) is 22.7. The number of pyridine rings is 1. The summed E-state index contributed by atoms with van der Waals surface area (Å²) < 4.78 is 16.6. The number of hydrogen-bond donors (Lipinski definition) is 2. The van der Waals surface area contributed by atoms with Gasteiger partial charge in [0.15, 0.2) is 0 Å². The van der Waals surface area contributed by atoms with Gasteiger partial charge >= 0.3 is 0 Å². The minimum absolute atomic E-state index is 0.0903. The van der Waals surface area contributed by atoms with E-state index in [-0.39, 0.29) is 17.0 Å². The Morgan fingerprint density at radius 3 is 2.45 bits per heavy atom. The van der Waals surface area contributed by atoms with Crippen LogP contribution in [0.15, 0.2) is 23.1 Å². The van der Waals surface area contributed by atoms with Gasteiger partial charge in [0.25, 0.3) is 12.5 Å². The van der Waals surface area contributed by atoms with Crippen molar-refractivity contribution in [2.45, 2.75) is 25.8 Å². The number of carboxylic acid groups (broad SMARTS) is 1. The summed E-state index contributed by atoms with van der Waals surface area (Å²) in [5.41, 5.74) is 0.0946. The number of carbonyl (C=O) groups excluding carboxylic acids is 1. The van der Waals surface area contributed by atoms with Crippen LogP contribution in [0.2, 0.25) is 0 Å². The van der Waals surface area contributed by atoms with Gasteiger partial charge < -0.3 is 19.9 Å². The van der Waals surface area contributed by atoms with Gasteiger partial charge in [0.1, 0.15) is 5.82 Å². The maximum atomic E-state index is 14.8. The van der Waals surface area contributed by atoms with E-state index in [0.29, 0.717) is 24.3 Å². The lowest BCUT2D eigenvalue weighted by molar-refractivity contribution is -0.465. The largest absolute Gasteiger partial charge is 0.481 e. The van der Waals surface area contributed by atoms with E-state index in [9.17, 15) is 24.1 Å². The van der Waals surface area contributed by atoms with Crippen molar-refractivity contribution in [2.24, 2.45) is 0 Å². The topological polar surface area (TPSA) is 135 Å². The number of hydrogen-bond acceptors (Lipinski definition) is 7. The number of rotatable bonds is 5. The van der Waals surface area contributed by atoms with E-state index < -0.39 is 34.5 Å². The summed E-state index contributed by atoms with van der Waals surface area (Å²) in [5, 5.41) is 21.4. The minimum Gasteiger partial charge on any atom is -0.481 e. The fourth-order valence-corrected chi connectivity index (χ4v) is 3.56. The molecule has 0 amide bonds. The molecule has 0 unspecified atom stereocenters. The first-order valence-corrected chi connectivity index (χ1v) is 9.87. The van der Waals surface area contributed by atoms with E-state index in [4.69, 9.17) is 9.90 Å². The summed E-state index contributed by atoms with van der Waals surface area (Å²) in [6.45, 7) is 2.96. The van der Waals surface area contributed by atoms with Crippen LogP contribution in [0.1, 0.15) is 36.2 Å². The van der Waals surface area contributed by atoms with Gasteiger partial charge in [0.05, 0.1) is 16.8 Å². The number of aromatic nitrogens is 1. The summed E-state index contributed by atoms with van der Waals surface area (Å²) in [5.74, 6) is -2.21. The molecule has 1 saturated carbocycles. The van der Waals surface area contributed by atoms with Gasteiger partial charge in [-0.15, -0.1) is 0 Å². The standard InChI is InChI=1S/C18H19FN4O4.C2H4O2/c19-14-7-12-15(8-16(14)21-5-3-20-4-6-21)22(11-1-2-11)9-13(18(12)25)17(24)10-23(26)27;1-2(3)4/h7-9,11,20H,1-6,10H2;1H3,(H,3,4). The van der Waals surface area contributed by atoms with Gasteiger partial charge in [0.2, 0.25) is 11.2 Å². The number of ketones is 1. The number of Topliss-reactive ketones (excluding diaryl/α,β-unsaturated/α-hetero) is 1. The Hall–Kier alpha value is -3.34. The number of carbonyl (C=O) groups is 2. The van der Waals surface area contributed by atoms with Gasteiger partial charge in [-0.25, -0.2) is 4.39 Å². The molecule has 0 atom stereocenters. The Kier molecular flexibility index (Phi) is 6.64. The van der Waals surface area contributed by atoms with Crippen LogP contribution in [0, 0.1) is 15.9 Å². The Bertz CT molecular complexity index is 1090. The van der Waals surface area contributed by atoms with Crippen molar-refractivity contribution < 1.29 is 24.0 Å². The molecule has 2 N–H and O–H groups in total. The van der Waals surface area contributed by atoms with Crippen molar-refractivity contribution in [3.8, 4) is 0 Å². The number of halogens is 1. The van der Waals surface area contributed by atoms with Crippen LogP contribution in [-0.4, -0.2) is 59.1 Å². The molecule has 2 aliphatic rings. The Morgan fingerprint density at radius 1 is 1.29 bits per heavy atom. The van der Waals surface area contributed by atoms with Crippen molar-refractivity contribution >= 4 is 28.3 Å². The Balaban J connectivity index is 0.000000628. The van der Waals surface area contributed by atoms with Crippen LogP contribution in [-0.2, 0) is 4.79 Å². The van der Waals surface area contributed by atoms with Crippen LogP contribution in [0.3, 0.4) is 0 Å². The fourth-order valence-electron chi connectivity index (χ4n) is 3.56. The molecule has 2 fully saturated rings. The maximum Gasteiger partial charge on any atom is 0.300 e. The molecule has 2 aromatic rings. The summed E-state index contributed by atoms with van der Waals surface area (Å²) in [6, 6.07) is 2.95. The molecule has 10 nitrogen and oxygen atoms in total.